The minimum atomic E-state index is -1.44. The van der Waals surface area contributed by atoms with Crippen LogP contribution in [0.5, 0.6) is 0 Å². The Kier molecular flexibility index (Phi) is 4.96. The molecule has 1 aromatic rings. The van der Waals surface area contributed by atoms with E-state index in [2.05, 4.69) is 10.3 Å². The van der Waals surface area contributed by atoms with Gasteiger partial charge in [0.15, 0.2) is 5.69 Å². The second kappa shape index (κ2) is 6.26. The van der Waals surface area contributed by atoms with Crippen LogP contribution >= 0.6 is 0 Å². The summed E-state index contributed by atoms with van der Waals surface area (Å²) >= 11 is 0. The Balaban J connectivity index is 2.97. The van der Waals surface area contributed by atoms with Gasteiger partial charge in [0.1, 0.15) is 12.2 Å². The van der Waals surface area contributed by atoms with Gasteiger partial charge in [0.05, 0.1) is 0 Å². The van der Waals surface area contributed by atoms with Gasteiger partial charge in [-0.3, -0.25) is 4.79 Å². The van der Waals surface area contributed by atoms with Crippen molar-refractivity contribution in [1.29, 1.82) is 0 Å². The molecule has 2 unspecified atom stereocenters. The van der Waals surface area contributed by atoms with Crippen molar-refractivity contribution in [2.45, 2.75) is 26.1 Å². The molecule has 0 fully saturated rings. The molecule has 0 aliphatic heterocycles. The van der Waals surface area contributed by atoms with Crippen LogP contribution in [0.2, 0.25) is 0 Å². The highest BCUT2D eigenvalue weighted by molar-refractivity contribution is 5.87. The molecule has 4 N–H and O–H groups in total. The minimum absolute atomic E-state index is 0.0188. The Hall–Kier alpha value is -1.99. The fourth-order valence-electron chi connectivity index (χ4n) is 1.56. The fourth-order valence-corrected chi connectivity index (χ4v) is 1.56. The Labute approximate surface area is 109 Å². The molecule has 0 aromatic carbocycles. The first kappa shape index (κ1) is 15.1. The third-order valence-corrected chi connectivity index (χ3v) is 2.50. The van der Waals surface area contributed by atoms with Gasteiger partial charge in [-0.1, -0.05) is 0 Å². The third kappa shape index (κ3) is 4.01. The molecule has 1 heterocycles. The summed E-state index contributed by atoms with van der Waals surface area (Å²) in [7, 11) is 0. The summed E-state index contributed by atoms with van der Waals surface area (Å²) in [4.78, 5) is 25.4. The standard InChI is InChI=1S/C12H16N2O5/c1-6-3-8(10(12(18)19)14-4-6)11(17)9(16)5-13-7(2)15/h3-4,9,11,16-17H,5H2,1-2H3,(H,13,15)(H,18,19). The van der Waals surface area contributed by atoms with E-state index in [4.69, 9.17) is 5.11 Å². The maximum atomic E-state index is 11.0. The summed E-state index contributed by atoms with van der Waals surface area (Å²) in [6.45, 7) is 2.79. The molecule has 0 aliphatic carbocycles. The molecule has 0 saturated heterocycles. The molecule has 0 radical (unpaired) electrons. The number of nitrogens with zero attached hydrogens (tertiary/aromatic N) is 1. The number of aliphatic hydroxyl groups excluding tert-OH is 2. The van der Waals surface area contributed by atoms with E-state index < -0.39 is 18.2 Å². The quantitative estimate of drug-likeness (QED) is 0.578. The number of hydrogen-bond donors (Lipinski definition) is 4. The van der Waals surface area contributed by atoms with Crippen molar-refractivity contribution in [1.82, 2.24) is 10.3 Å². The van der Waals surface area contributed by atoms with E-state index in [1.165, 1.54) is 19.2 Å². The highest BCUT2D eigenvalue weighted by Crippen LogP contribution is 2.21. The molecule has 19 heavy (non-hydrogen) atoms. The van der Waals surface area contributed by atoms with Gasteiger partial charge in [-0.05, 0) is 18.6 Å². The minimum Gasteiger partial charge on any atom is -0.477 e. The Morgan fingerprint density at radius 3 is 2.58 bits per heavy atom. The zero-order valence-corrected chi connectivity index (χ0v) is 10.6. The summed E-state index contributed by atoms with van der Waals surface area (Å²) in [6, 6.07) is 1.44. The Bertz CT molecular complexity index is 489. The lowest BCUT2D eigenvalue weighted by Crippen LogP contribution is -2.34. The molecule has 0 bridgehead atoms. The van der Waals surface area contributed by atoms with E-state index >= 15 is 0 Å². The molecule has 104 valence electrons. The maximum absolute atomic E-state index is 11.0. The number of aromatic nitrogens is 1. The van der Waals surface area contributed by atoms with Crippen molar-refractivity contribution in [3.05, 3.63) is 29.1 Å². The number of aliphatic hydroxyl groups is 2. The lowest BCUT2D eigenvalue weighted by Gasteiger charge is -2.19. The third-order valence-electron chi connectivity index (χ3n) is 2.50. The molecule has 1 aromatic heterocycles. The van der Waals surface area contributed by atoms with Crippen LogP contribution in [-0.2, 0) is 4.79 Å². The van der Waals surface area contributed by atoms with E-state index in [9.17, 15) is 19.8 Å². The first-order valence-corrected chi connectivity index (χ1v) is 5.63. The zero-order chi connectivity index (χ0) is 14.6. The molecular weight excluding hydrogens is 252 g/mol. The number of carbonyl (C=O) groups excluding carboxylic acids is 1. The lowest BCUT2D eigenvalue weighted by molar-refractivity contribution is -0.119. The van der Waals surface area contributed by atoms with Crippen LogP contribution in [0.4, 0.5) is 0 Å². The Morgan fingerprint density at radius 2 is 2.05 bits per heavy atom. The van der Waals surface area contributed by atoms with Gasteiger partial charge in [0.2, 0.25) is 5.91 Å². The molecule has 2 atom stereocenters. The van der Waals surface area contributed by atoms with Crippen molar-refractivity contribution in [3.8, 4) is 0 Å². The van der Waals surface area contributed by atoms with Gasteiger partial charge in [0, 0.05) is 25.2 Å². The lowest BCUT2D eigenvalue weighted by atomic mass is 10.0. The predicted molar refractivity (Wildman–Crippen MR) is 65.6 cm³/mol. The molecule has 1 rings (SSSR count). The predicted octanol–water partition coefficient (Wildman–Crippen LogP) is -0.381. The van der Waals surface area contributed by atoms with Crippen LogP contribution in [0.3, 0.4) is 0 Å². The number of amides is 1. The number of nitrogens with one attached hydrogen (secondary N) is 1. The number of carboxylic acid groups (broad SMARTS) is 1. The van der Waals surface area contributed by atoms with Crippen molar-refractivity contribution in [3.63, 3.8) is 0 Å². The van der Waals surface area contributed by atoms with Crippen LogP contribution in [-0.4, -0.2) is 44.8 Å². The SMILES string of the molecule is CC(=O)NCC(O)C(O)c1cc(C)cnc1C(=O)O. The molecule has 7 nitrogen and oxygen atoms in total. The smallest absolute Gasteiger partial charge is 0.354 e. The maximum Gasteiger partial charge on any atom is 0.354 e. The van der Waals surface area contributed by atoms with Gasteiger partial charge in [-0.15, -0.1) is 0 Å². The molecule has 0 saturated carbocycles. The van der Waals surface area contributed by atoms with Crippen molar-refractivity contribution < 1.29 is 24.9 Å². The van der Waals surface area contributed by atoms with E-state index in [-0.39, 0.29) is 23.7 Å². The number of aryl methyl sites for hydroxylation is 1. The van der Waals surface area contributed by atoms with E-state index in [1.54, 1.807) is 6.92 Å². The normalized spacial score (nSPS) is 13.7. The summed E-state index contributed by atoms with van der Waals surface area (Å²) < 4.78 is 0. The topological polar surface area (TPSA) is 120 Å². The number of hydrogen-bond acceptors (Lipinski definition) is 5. The van der Waals surface area contributed by atoms with Gasteiger partial charge in [0.25, 0.3) is 0 Å². The van der Waals surface area contributed by atoms with Crippen molar-refractivity contribution >= 4 is 11.9 Å². The molecular formula is C12H16N2O5. The average Bonchev–Trinajstić information content (AvgIpc) is 2.34. The van der Waals surface area contributed by atoms with Gasteiger partial charge < -0.3 is 20.6 Å². The average molecular weight is 268 g/mol. The van der Waals surface area contributed by atoms with Crippen LogP contribution < -0.4 is 5.32 Å². The van der Waals surface area contributed by atoms with Crippen LogP contribution in [0.15, 0.2) is 12.3 Å². The van der Waals surface area contributed by atoms with E-state index in [1.807, 2.05) is 0 Å². The number of rotatable bonds is 5. The summed E-state index contributed by atoms with van der Waals surface area (Å²) in [5.74, 6) is -1.65. The summed E-state index contributed by atoms with van der Waals surface area (Å²) in [5, 5.41) is 31.0. The van der Waals surface area contributed by atoms with Crippen molar-refractivity contribution in [2.24, 2.45) is 0 Å². The molecule has 7 heteroatoms. The number of carbonyl (C=O) groups is 2. The number of carboxylic acids is 1. The van der Waals surface area contributed by atoms with E-state index in [0.29, 0.717) is 5.56 Å². The van der Waals surface area contributed by atoms with Crippen LogP contribution in [0, 0.1) is 6.92 Å². The summed E-state index contributed by atoms with van der Waals surface area (Å²) in [6.07, 6.45) is -1.39. The van der Waals surface area contributed by atoms with Crippen LogP contribution in [0.25, 0.3) is 0 Å². The van der Waals surface area contributed by atoms with Gasteiger partial charge in [-0.2, -0.15) is 0 Å². The van der Waals surface area contributed by atoms with E-state index in [0.717, 1.165) is 0 Å². The first-order chi connectivity index (χ1) is 8.82. The Morgan fingerprint density at radius 1 is 1.42 bits per heavy atom. The highest BCUT2D eigenvalue weighted by atomic mass is 16.4. The zero-order valence-electron chi connectivity index (χ0n) is 10.6. The molecule has 0 aliphatic rings. The molecule has 1 amide bonds. The molecule has 0 spiro atoms. The fraction of sp³-hybridized carbons (Fsp3) is 0.417. The second-order valence-electron chi connectivity index (χ2n) is 4.20. The van der Waals surface area contributed by atoms with Gasteiger partial charge >= 0.3 is 5.97 Å². The monoisotopic (exact) mass is 268 g/mol. The number of aromatic carboxylic acids is 1. The summed E-state index contributed by atoms with van der Waals surface area (Å²) in [5.41, 5.74) is 0.358. The number of pyridine rings is 1. The second-order valence-corrected chi connectivity index (χ2v) is 4.20. The van der Waals surface area contributed by atoms with Gasteiger partial charge in [-0.25, -0.2) is 9.78 Å². The highest BCUT2D eigenvalue weighted by Gasteiger charge is 2.25. The largest absolute Gasteiger partial charge is 0.477 e. The first-order valence-electron chi connectivity index (χ1n) is 5.63. The van der Waals surface area contributed by atoms with Crippen LogP contribution in [0.1, 0.15) is 34.6 Å². The van der Waals surface area contributed by atoms with Crippen molar-refractivity contribution in [2.75, 3.05) is 6.54 Å².